The molecule has 1 rings (SSSR count). The molecular formula is C13H23NOS2. The number of nitrogens with one attached hydrogen (secondary N) is 1. The molecule has 0 fully saturated rings. The van der Waals surface area contributed by atoms with Crippen molar-refractivity contribution >= 4 is 23.1 Å². The maximum Gasteiger partial charge on any atom is 0.0564 e. The van der Waals surface area contributed by atoms with Crippen molar-refractivity contribution in [3.8, 4) is 0 Å². The van der Waals surface area contributed by atoms with Crippen molar-refractivity contribution in [2.45, 2.75) is 44.5 Å². The number of aryl methyl sites for hydroxylation is 1. The van der Waals surface area contributed by atoms with E-state index in [4.69, 9.17) is 0 Å². The van der Waals surface area contributed by atoms with Gasteiger partial charge in [0.1, 0.15) is 0 Å². The van der Waals surface area contributed by atoms with Crippen LogP contribution in [0.25, 0.3) is 0 Å². The van der Waals surface area contributed by atoms with Crippen LogP contribution < -0.4 is 5.32 Å². The molecule has 0 aliphatic carbocycles. The Balaban J connectivity index is 2.56. The number of aliphatic hydroxyl groups excluding tert-OH is 1. The molecule has 3 unspecified atom stereocenters. The van der Waals surface area contributed by atoms with Gasteiger partial charge in [-0.2, -0.15) is 11.8 Å². The summed E-state index contributed by atoms with van der Waals surface area (Å²) in [5.74, 6) is 0. The summed E-state index contributed by atoms with van der Waals surface area (Å²) in [6.07, 6.45) is 3.15. The third-order valence-corrected chi connectivity index (χ3v) is 5.59. The Bertz CT molecular complexity index is 323. The number of rotatable bonds is 7. The van der Waals surface area contributed by atoms with E-state index in [1.807, 2.05) is 17.6 Å². The minimum atomic E-state index is 0.229. The van der Waals surface area contributed by atoms with Gasteiger partial charge >= 0.3 is 0 Å². The van der Waals surface area contributed by atoms with E-state index in [0.717, 1.165) is 6.42 Å². The molecule has 0 amide bonds. The quantitative estimate of drug-likeness (QED) is 0.801. The predicted molar refractivity (Wildman–Crippen MR) is 79.1 cm³/mol. The van der Waals surface area contributed by atoms with E-state index in [0.29, 0.717) is 12.1 Å². The third-order valence-electron chi connectivity index (χ3n) is 3.01. The molecule has 0 radical (unpaired) electrons. The van der Waals surface area contributed by atoms with Crippen molar-refractivity contribution in [3.63, 3.8) is 0 Å². The molecule has 0 aliphatic heterocycles. The van der Waals surface area contributed by atoms with Crippen LogP contribution in [0.3, 0.4) is 0 Å². The third kappa shape index (κ3) is 4.28. The lowest BCUT2D eigenvalue weighted by Crippen LogP contribution is -2.38. The van der Waals surface area contributed by atoms with E-state index >= 15 is 0 Å². The highest BCUT2D eigenvalue weighted by molar-refractivity contribution is 7.99. The zero-order valence-corrected chi connectivity index (χ0v) is 12.7. The standard InChI is InChI=1S/C13H23NOS2/c1-5-11-6-7-12(17-11)9(2)14-10(3)13(8-15)16-4/h6-7,9-10,13-15H,5,8H2,1-4H3. The molecule has 2 N–H and O–H groups in total. The highest BCUT2D eigenvalue weighted by Crippen LogP contribution is 2.24. The molecule has 4 heteroatoms. The van der Waals surface area contributed by atoms with Crippen molar-refractivity contribution in [2.75, 3.05) is 12.9 Å². The van der Waals surface area contributed by atoms with Crippen LogP contribution in [-0.4, -0.2) is 29.3 Å². The summed E-state index contributed by atoms with van der Waals surface area (Å²) in [5, 5.41) is 13.1. The molecule has 98 valence electrons. The summed E-state index contributed by atoms with van der Waals surface area (Å²) in [4.78, 5) is 2.82. The lowest BCUT2D eigenvalue weighted by molar-refractivity contribution is 0.272. The molecule has 3 atom stereocenters. The fraction of sp³-hybridized carbons (Fsp3) is 0.692. The Morgan fingerprint density at radius 1 is 1.41 bits per heavy atom. The lowest BCUT2D eigenvalue weighted by Gasteiger charge is -2.24. The van der Waals surface area contributed by atoms with Gasteiger partial charge in [-0.3, -0.25) is 0 Å². The van der Waals surface area contributed by atoms with Crippen LogP contribution >= 0.6 is 23.1 Å². The molecule has 0 spiro atoms. The minimum absolute atomic E-state index is 0.229. The first-order valence-electron chi connectivity index (χ1n) is 6.10. The first-order chi connectivity index (χ1) is 8.12. The van der Waals surface area contributed by atoms with Gasteiger partial charge < -0.3 is 10.4 Å². The van der Waals surface area contributed by atoms with Gasteiger partial charge in [-0.05, 0) is 38.7 Å². The number of thioether (sulfide) groups is 1. The van der Waals surface area contributed by atoms with Gasteiger partial charge in [0.2, 0.25) is 0 Å². The van der Waals surface area contributed by atoms with Gasteiger partial charge in [0.15, 0.2) is 0 Å². The van der Waals surface area contributed by atoms with Crippen LogP contribution in [0.5, 0.6) is 0 Å². The zero-order chi connectivity index (χ0) is 12.8. The predicted octanol–water partition coefficient (Wildman–Crippen LogP) is 3.07. The van der Waals surface area contributed by atoms with Crippen molar-refractivity contribution in [3.05, 3.63) is 21.9 Å². The van der Waals surface area contributed by atoms with Crippen LogP contribution in [0.1, 0.15) is 36.6 Å². The first-order valence-corrected chi connectivity index (χ1v) is 8.21. The van der Waals surface area contributed by atoms with Crippen molar-refractivity contribution in [1.82, 2.24) is 5.32 Å². The van der Waals surface area contributed by atoms with Gasteiger partial charge in [0.25, 0.3) is 0 Å². The monoisotopic (exact) mass is 273 g/mol. The number of hydrogen-bond donors (Lipinski definition) is 2. The summed E-state index contributed by atoms with van der Waals surface area (Å²) >= 11 is 3.59. The Morgan fingerprint density at radius 2 is 2.12 bits per heavy atom. The molecule has 1 aromatic rings. The number of aliphatic hydroxyl groups is 1. The van der Waals surface area contributed by atoms with E-state index in [1.54, 1.807) is 11.8 Å². The molecule has 0 bridgehead atoms. The second kappa shape index (κ2) is 7.41. The highest BCUT2D eigenvalue weighted by Gasteiger charge is 2.18. The molecule has 2 nitrogen and oxygen atoms in total. The van der Waals surface area contributed by atoms with Crippen LogP contribution in [0.2, 0.25) is 0 Å². The van der Waals surface area contributed by atoms with Crippen LogP contribution in [0.15, 0.2) is 12.1 Å². The van der Waals surface area contributed by atoms with Crippen LogP contribution in [-0.2, 0) is 6.42 Å². The molecule has 0 aliphatic rings. The Hall–Kier alpha value is -0.0300. The van der Waals surface area contributed by atoms with Gasteiger partial charge in [0.05, 0.1) is 6.61 Å². The largest absolute Gasteiger partial charge is 0.395 e. The first kappa shape index (κ1) is 15.0. The minimum Gasteiger partial charge on any atom is -0.395 e. The fourth-order valence-corrected chi connectivity index (χ4v) is 3.44. The second-order valence-electron chi connectivity index (χ2n) is 4.29. The number of hydrogen-bond acceptors (Lipinski definition) is 4. The summed E-state index contributed by atoms with van der Waals surface area (Å²) in [6, 6.07) is 5.09. The van der Waals surface area contributed by atoms with E-state index in [1.165, 1.54) is 9.75 Å². The molecule has 0 saturated carbocycles. The average Bonchev–Trinajstić information content (AvgIpc) is 2.79. The Morgan fingerprint density at radius 3 is 2.59 bits per heavy atom. The summed E-state index contributed by atoms with van der Waals surface area (Å²) in [7, 11) is 0. The SMILES string of the molecule is CCc1ccc(C(C)NC(C)C(CO)SC)s1. The molecular weight excluding hydrogens is 250 g/mol. The van der Waals surface area contributed by atoms with Crippen molar-refractivity contribution in [2.24, 2.45) is 0 Å². The maximum absolute atomic E-state index is 9.26. The Labute approximate surface area is 113 Å². The maximum atomic E-state index is 9.26. The molecule has 1 heterocycles. The average molecular weight is 273 g/mol. The van der Waals surface area contributed by atoms with Gasteiger partial charge in [-0.25, -0.2) is 0 Å². The lowest BCUT2D eigenvalue weighted by atomic mass is 10.2. The van der Waals surface area contributed by atoms with Crippen molar-refractivity contribution < 1.29 is 5.11 Å². The van der Waals surface area contributed by atoms with Gasteiger partial charge in [0, 0.05) is 27.1 Å². The van der Waals surface area contributed by atoms with E-state index in [9.17, 15) is 5.11 Å². The smallest absolute Gasteiger partial charge is 0.0564 e. The zero-order valence-electron chi connectivity index (χ0n) is 11.1. The summed E-state index contributed by atoms with van der Waals surface area (Å²) in [6.45, 7) is 6.75. The van der Waals surface area contributed by atoms with Gasteiger partial charge in [-0.15, -0.1) is 11.3 Å². The van der Waals surface area contributed by atoms with E-state index in [2.05, 4.69) is 38.2 Å². The Kier molecular flexibility index (Phi) is 6.55. The number of thiophene rings is 1. The summed E-state index contributed by atoms with van der Waals surface area (Å²) < 4.78 is 0. The second-order valence-corrected chi connectivity index (χ2v) is 6.57. The van der Waals surface area contributed by atoms with E-state index in [-0.39, 0.29) is 11.9 Å². The molecule has 0 saturated heterocycles. The van der Waals surface area contributed by atoms with Gasteiger partial charge in [-0.1, -0.05) is 6.92 Å². The van der Waals surface area contributed by atoms with Crippen LogP contribution in [0.4, 0.5) is 0 Å². The van der Waals surface area contributed by atoms with Crippen LogP contribution in [0, 0.1) is 0 Å². The summed E-state index contributed by atoms with van der Waals surface area (Å²) in [5.41, 5.74) is 0. The molecule has 17 heavy (non-hydrogen) atoms. The van der Waals surface area contributed by atoms with E-state index < -0.39 is 0 Å². The topological polar surface area (TPSA) is 32.3 Å². The molecule has 1 aromatic heterocycles. The highest BCUT2D eigenvalue weighted by atomic mass is 32.2. The fourth-order valence-electron chi connectivity index (χ4n) is 1.84. The normalized spacial score (nSPS) is 16.8. The van der Waals surface area contributed by atoms with Crippen molar-refractivity contribution in [1.29, 1.82) is 0 Å². The molecule has 0 aromatic carbocycles.